The standard InChI is InChI=1S/C19H26N4OS/c1-2-23-17-8-7-14(20-13-15-6-5-11-25-15)12-16(17)18(21-23)19(24)22-9-3-4-10-22/h5-6,11,14,20H,2-4,7-10,12-13H2,1H3. The Kier molecular flexibility index (Phi) is 4.90. The van der Waals surface area contributed by atoms with Crippen LogP contribution in [0.4, 0.5) is 0 Å². The molecule has 1 atom stereocenters. The van der Waals surface area contributed by atoms with Crippen molar-refractivity contribution in [1.29, 1.82) is 0 Å². The van der Waals surface area contributed by atoms with E-state index < -0.39 is 0 Å². The van der Waals surface area contributed by atoms with E-state index in [4.69, 9.17) is 5.10 Å². The minimum Gasteiger partial charge on any atom is -0.337 e. The molecule has 5 nitrogen and oxygen atoms in total. The zero-order valence-corrected chi connectivity index (χ0v) is 15.6. The summed E-state index contributed by atoms with van der Waals surface area (Å²) in [6.07, 6.45) is 5.27. The van der Waals surface area contributed by atoms with Crippen molar-refractivity contribution in [2.45, 2.75) is 58.2 Å². The lowest BCUT2D eigenvalue weighted by Crippen LogP contribution is -2.35. The highest BCUT2D eigenvalue weighted by Crippen LogP contribution is 2.27. The van der Waals surface area contributed by atoms with E-state index in [2.05, 4.69) is 29.8 Å². The molecule has 1 N–H and O–H groups in total. The average molecular weight is 359 g/mol. The van der Waals surface area contributed by atoms with Gasteiger partial charge in [-0.3, -0.25) is 9.48 Å². The number of fused-ring (bicyclic) bond motifs is 1. The zero-order valence-electron chi connectivity index (χ0n) is 14.8. The van der Waals surface area contributed by atoms with Gasteiger partial charge in [-0.2, -0.15) is 5.10 Å². The summed E-state index contributed by atoms with van der Waals surface area (Å²) in [6.45, 7) is 5.62. The first-order chi connectivity index (χ1) is 12.3. The van der Waals surface area contributed by atoms with Gasteiger partial charge in [0, 0.05) is 48.4 Å². The number of hydrogen-bond acceptors (Lipinski definition) is 4. The van der Waals surface area contributed by atoms with Crippen LogP contribution in [0.15, 0.2) is 17.5 Å². The van der Waals surface area contributed by atoms with Crippen molar-refractivity contribution in [3.8, 4) is 0 Å². The van der Waals surface area contributed by atoms with E-state index in [1.54, 1.807) is 11.3 Å². The molecule has 0 saturated carbocycles. The highest BCUT2D eigenvalue weighted by atomic mass is 32.1. The van der Waals surface area contributed by atoms with Crippen LogP contribution in [-0.2, 0) is 25.9 Å². The molecule has 0 aromatic carbocycles. The number of rotatable bonds is 5. The molecule has 25 heavy (non-hydrogen) atoms. The maximum Gasteiger partial charge on any atom is 0.274 e. The normalized spacial score (nSPS) is 20.0. The van der Waals surface area contributed by atoms with E-state index in [0.29, 0.717) is 11.7 Å². The van der Waals surface area contributed by atoms with E-state index in [1.165, 1.54) is 16.1 Å². The summed E-state index contributed by atoms with van der Waals surface area (Å²) in [5.74, 6) is 0.139. The van der Waals surface area contributed by atoms with Gasteiger partial charge in [-0.25, -0.2) is 0 Å². The molecule has 0 bridgehead atoms. The lowest BCUT2D eigenvalue weighted by molar-refractivity contribution is 0.0785. The van der Waals surface area contributed by atoms with Crippen LogP contribution in [0.1, 0.15) is 52.8 Å². The second-order valence-electron chi connectivity index (χ2n) is 6.99. The van der Waals surface area contributed by atoms with E-state index in [9.17, 15) is 4.79 Å². The molecule has 3 heterocycles. The molecule has 6 heteroatoms. The molecule has 2 aromatic heterocycles. The lowest BCUT2D eigenvalue weighted by Gasteiger charge is -2.25. The van der Waals surface area contributed by atoms with Crippen LogP contribution in [0, 0.1) is 0 Å². The fourth-order valence-corrected chi connectivity index (χ4v) is 4.68. The summed E-state index contributed by atoms with van der Waals surface area (Å²) < 4.78 is 2.05. The van der Waals surface area contributed by atoms with Crippen molar-refractivity contribution in [2.24, 2.45) is 0 Å². The van der Waals surface area contributed by atoms with Crippen molar-refractivity contribution < 1.29 is 4.79 Å². The van der Waals surface area contributed by atoms with Gasteiger partial charge in [-0.15, -0.1) is 11.3 Å². The predicted octanol–water partition coefficient (Wildman–Crippen LogP) is 2.85. The summed E-state index contributed by atoms with van der Waals surface area (Å²) in [5, 5.41) is 10.5. The van der Waals surface area contributed by atoms with Crippen LogP contribution in [0.3, 0.4) is 0 Å². The van der Waals surface area contributed by atoms with E-state index >= 15 is 0 Å². The van der Waals surface area contributed by atoms with Gasteiger partial charge in [0.2, 0.25) is 0 Å². The van der Waals surface area contributed by atoms with Crippen molar-refractivity contribution in [2.75, 3.05) is 13.1 Å². The van der Waals surface area contributed by atoms with Crippen LogP contribution in [0.2, 0.25) is 0 Å². The summed E-state index contributed by atoms with van der Waals surface area (Å²) >= 11 is 1.79. The Balaban J connectivity index is 1.52. The number of amides is 1. The number of aromatic nitrogens is 2. The molecule has 1 unspecified atom stereocenters. The number of aryl methyl sites for hydroxylation is 1. The fourth-order valence-electron chi connectivity index (χ4n) is 4.02. The SMILES string of the molecule is CCn1nc(C(=O)N2CCCC2)c2c1CCC(NCc1cccs1)C2. The van der Waals surface area contributed by atoms with Gasteiger partial charge in [0.15, 0.2) is 5.69 Å². The summed E-state index contributed by atoms with van der Waals surface area (Å²) in [6, 6.07) is 4.69. The molecule has 1 fully saturated rings. The molecule has 134 valence electrons. The van der Waals surface area contributed by atoms with E-state index in [0.717, 1.165) is 58.3 Å². The molecule has 1 amide bonds. The summed E-state index contributed by atoms with van der Waals surface area (Å²) in [7, 11) is 0. The Morgan fingerprint density at radius 3 is 2.96 bits per heavy atom. The number of carbonyl (C=O) groups excluding carboxylic acids is 1. The van der Waals surface area contributed by atoms with Gasteiger partial charge in [0.25, 0.3) is 5.91 Å². The summed E-state index contributed by atoms with van der Waals surface area (Å²) in [4.78, 5) is 16.3. The first-order valence-corrected chi connectivity index (χ1v) is 10.3. The monoisotopic (exact) mass is 358 g/mol. The number of likely N-dealkylation sites (tertiary alicyclic amines) is 1. The minimum absolute atomic E-state index is 0.139. The van der Waals surface area contributed by atoms with Crippen molar-refractivity contribution >= 4 is 17.2 Å². The third kappa shape index (κ3) is 3.37. The Labute approximate surface area is 153 Å². The first kappa shape index (κ1) is 16.8. The average Bonchev–Trinajstić information content (AvgIpc) is 3.39. The van der Waals surface area contributed by atoms with Gasteiger partial charge < -0.3 is 10.2 Å². The van der Waals surface area contributed by atoms with Gasteiger partial charge in [0.05, 0.1) is 0 Å². The molecule has 1 aliphatic heterocycles. The molecule has 4 rings (SSSR count). The highest BCUT2D eigenvalue weighted by Gasteiger charge is 2.31. The highest BCUT2D eigenvalue weighted by molar-refractivity contribution is 7.09. The van der Waals surface area contributed by atoms with E-state index in [-0.39, 0.29) is 5.91 Å². The number of hydrogen-bond donors (Lipinski definition) is 1. The maximum absolute atomic E-state index is 12.9. The quantitative estimate of drug-likeness (QED) is 0.894. The van der Waals surface area contributed by atoms with Crippen LogP contribution in [0.5, 0.6) is 0 Å². The second-order valence-corrected chi connectivity index (χ2v) is 8.02. The Bertz CT molecular complexity index is 731. The topological polar surface area (TPSA) is 50.2 Å². The van der Waals surface area contributed by atoms with Crippen LogP contribution < -0.4 is 5.32 Å². The molecule has 1 aliphatic carbocycles. The van der Waals surface area contributed by atoms with Gasteiger partial charge in [-0.05, 0) is 50.5 Å². The zero-order chi connectivity index (χ0) is 17.2. The molecule has 1 saturated heterocycles. The predicted molar refractivity (Wildman–Crippen MR) is 100 cm³/mol. The van der Waals surface area contributed by atoms with E-state index in [1.807, 2.05) is 9.58 Å². The maximum atomic E-state index is 12.9. The van der Waals surface area contributed by atoms with Crippen LogP contribution >= 0.6 is 11.3 Å². The molecule has 2 aromatic rings. The molecular weight excluding hydrogens is 332 g/mol. The van der Waals surface area contributed by atoms with Gasteiger partial charge in [0.1, 0.15) is 0 Å². The number of carbonyl (C=O) groups is 1. The lowest BCUT2D eigenvalue weighted by atomic mass is 9.91. The Hall–Kier alpha value is -1.66. The molecule has 0 spiro atoms. The molecular formula is C19H26N4OS. The van der Waals surface area contributed by atoms with Crippen LogP contribution in [0.25, 0.3) is 0 Å². The largest absolute Gasteiger partial charge is 0.337 e. The summed E-state index contributed by atoms with van der Waals surface area (Å²) in [5.41, 5.74) is 3.18. The minimum atomic E-state index is 0.139. The second kappa shape index (κ2) is 7.30. The number of nitrogens with zero attached hydrogens (tertiary/aromatic N) is 3. The third-order valence-electron chi connectivity index (χ3n) is 5.39. The Morgan fingerprint density at radius 2 is 2.24 bits per heavy atom. The van der Waals surface area contributed by atoms with Gasteiger partial charge >= 0.3 is 0 Å². The fraction of sp³-hybridized carbons (Fsp3) is 0.579. The van der Waals surface area contributed by atoms with Crippen molar-refractivity contribution in [1.82, 2.24) is 20.0 Å². The first-order valence-electron chi connectivity index (χ1n) is 9.40. The van der Waals surface area contributed by atoms with Crippen LogP contribution in [-0.4, -0.2) is 39.7 Å². The number of thiophene rings is 1. The van der Waals surface area contributed by atoms with Gasteiger partial charge in [-0.1, -0.05) is 6.07 Å². The number of nitrogens with one attached hydrogen (secondary N) is 1. The third-order valence-corrected chi connectivity index (χ3v) is 6.26. The Morgan fingerprint density at radius 1 is 1.40 bits per heavy atom. The smallest absolute Gasteiger partial charge is 0.274 e. The molecule has 2 aliphatic rings. The molecule has 0 radical (unpaired) electrons. The van der Waals surface area contributed by atoms with Crippen molar-refractivity contribution in [3.05, 3.63) is 39.3 Å². The van der Waals surface area contributed by atoms with Crippen molar-refractivity contribution in [3.63, 3.8) is 0 Å².